The molecule has 5 N–H and O–H groups in total. The second-order valence-electron chi connectivity index (χ2n) is 9.48. The van der Waals surface area contributed by atoms with E-state index in [0.717, 1.165) is 11.1 Å². The molecule has 3 rings (SSSR count). The highest BCUT2D eigenvalue weighted by molar-refractivity contribution is 5.65. The van der Waals surface area contributed by atoms with Gasteiger partial charge < -0.3 is 30.5 Å². The first kappa shape index (κ1) is 31.5. The lowest BCUT2D eigenvalue weighted by atomic mass is 9.96. The fourth-order valence-corrected chi connectivity index (χ4v) is 3.40. The summed E-state index contributed by atoms with van der Waals surface area (Å²) in [5, 5.41) is 31.6. The fourth-order valence-electron chi connectivity index (χ4n) is 3.40. The smallest absolute Gasteiger partial charge is 0.212 e. The second-order valence-corrected chi connectivity index (χ2v) is 9.48. The van der Waals surface area contributed by atoms with Gasteiger partial charge in [-0.3, -0.25) is 0 Å². The van der Waals surface area contributed by atoms with Crippen LogP contribution in [0.2, 0.25) is 0 Å². The van der Waals surface area contributed by atoms with Crippen molar-refractivity contribution in [1.82, 2.24) is 14.6 Å². The molecule has 0 aliphatic carbocycles. The average molecular weight is 505 g/mol. The summed E-state index contributed by atoms with van der Waals surface area (Å²) in [5.74, 6) is -1.14. The Morgan fingerprint density at radius 2 is 1.67 bits per heavy atom. The van der Waals surface area contributed by atoms with Crippen LogP contribution in [0, 0.1) is 5.92 Å². The maximum Gasteiger partial charge on any atom is 0.212 e. The molecule has 2 aromatic heterocycles. The Bertz CT molecular complexity index is 1000. The lowest BCUT2D eigenvalue weighted by Gasteiger charge is -2.26. The zero-order valence-corrected chi connectivity index (χ0v) is 22.7. The summed E-state index contributed by atoms with van der Waals surface area (Å²) in [6.45, 7) is 15.2. The van der Waals surface area contributed by atoms with Crippen molar-refractivity contribution in [3.8, 4) is 0 Å². The first-order valence-electron chi connectivity index (χ1n) is 12.1. The largest absolute Gasteiger partial charge is 0.392 e. The molecule has 3 heterocycles. The number of allylic oxidation sites excluding steroid dienone is 3. The van der Waals surface area contributed by atoms with Crippen LogP contribution >= 0.6 is 0 Å². The van der Waals surface area contributed by atoms with Gasteiger partial charge in [0.1, 0.15) is 17.5 Å². The van der Waals surface area contributed by atoms with E-state index in [1.54, 1.807) is 28.8 Å². The molecule has 1 aliphatic heterocycles. The molecule has 3 atom stereocenters. The second kappa shape index (κ2) is 15.5. The van der Waals surface area contributed by atoms with E-state index in [9.17, 15) is 5.11 Å². The number of aliphatic hydroxyl groups is 3. The van der Waals surface area contributed by atoms with Crippen molar-refractivity contribution in [1.29, 1.82) is 0 Å². The van der Waals surface area contributed by atoms with Crippen molar-refractivity contribution in [2.75, 3.05) is 32.2 Å². The van der Waals surface area contributed by atoms with Gasteiger partial charge in [0, 0.05) is 5.92 Å². The average Bonchev–Trinajstić information content (AvgIpc) is 3.34. The molecule has 0 saturated carbocycles. The number of ether oxygens (including phenoxy) is 2. The van der Waals surface area contributed by atoms with Crippen LogP contribution in [0.1, 0.15) is 60.6 Å². The van der Waals surface area contributed by atoms with Crippen LogP contribution in [-0.2, 0) is 15.3 Å². The third-order valence-electron chi connectivity index (χ3n) is 5.39. The van der Waals surface area contributed by atoms with Crippen molar-refractivity contribution in [2.45, 2.75) is 66.8 Å². The molecular formula is C27H44N4O5. The molecule has 0 amide bonds. The number of anilines is 1. The normalized spacial score (nSPS) is 20.5. The highest BCUT2D eigenvalue weighted by Crippen LogP contribution is 2.42. The third-order valence-corrected chi connectivity index (χ3v) is 5.39. The highest BCUT2D eigenvalue weighted by Gasteiger charge is 2.48. The van der Waals surface area contributed by atoms with E-state index in [0.29, 0.717) is 36.7 Å². The third kappa shape index (κ3) is 9.83. The molecule has 202 valence electrons. The van der Waals surface area contributed by atoms with E-state index in [1.165, 1.54) is 11.9 Å². The Balaban J connectivity index is 0.000000450. The summed E-state index contributed by atoms with van der Waals surface area (Å²) >= 11 is 0. The van der Waals surface area contributed by atoms with Crippen LogP contribution in [-0.4, -0.2) is 62.4 Å². The number of fused-ring (bicyclic) bond motifs is 1. The van der Waals surface area contributed by atoms with Gasteiger partial charge in [-0.05, 0) is 60.1 Å². The van der Waals surface area contributed by atoms with Crippen LogP contribution in [0.5, 0.6) is 0 Å². The van der Waals surface area contributed by atoms with E-state index in [-0.39, 0.29) is 25.2 Å². The number of nitrogens with two attached hydrogens (primary N) is 1. The lowest BCUT2D eigenvalue weighted by molar-refractivity contribution is -0.227. The van der Waals surface area contributed by atoms with E-state index in [2.05, 4.69) is 10.1 Å². The number of hydrogen-bond acceptors (Lipinski definition) is 8. The number of rotatable bonds is 7. The quantitative estimate of drug-likeness (QED) is 0.331. The molecule has 3 unspecified atom stereocenters. The van der Waals surface area contributed by atoms with Crippen LogP contribution in [0.3, 0.4) is 0 Å². The Labute approximate surface area is 215 Å². The number of aromatic nitrogens is 3. The monoisotopic (exact) mass is 504 g/mol. The minimum atomic E-state index is -1.42. The van der Waals surface area contributed by atoms with Crippen molar-refractivity contribution in [3.63, 3.8) is 0 Å². The first-order chi connectivity index (χ1) is 17.0. The van der Waals surface area contributed by atoms with Crippen molar-refractivity contribution >= 4 is 11.3 Å². The molecule has 2 aromatic rings. The van der Waals surface area contributed by atoms with Crippen LogP contribution in [0.15, 0.2) is 53.4 Å². The Morgan fingerprint density at radius 1 is 1.08 bits per heavy atom. The molecule has 0 radical (unpaired) electrons. The summed E-state index contributed by atoms with van der Waals surface area (Å²) in [4.78, 5) is 3.97. The van der Waals surface area contributed by atoms with Gasteiger partial charge in [0.15, 0.2) is 5.82 Å². The van der Waals surface area contributed by atoms with Gasteiger partial charge in [0.2, 0.25) is 5.79 Å². The molecule has 9 heteroatoms. The minimum Gasteiger partial charge on any atom is -0.392 e. The molecule has 0 spiro atoms. The van der Waals surface area contributed by atoms with Crippen LogP contribution in [0.4, 0.5) is 5.82 Å². The Kier molecular flexibility index (Phi) is 13.6. The summed E-state index contributed by atoms with van der Waals surface area (Å²) in [6, 6.07) is 3.57. The van der Waals surface area contributed by atoms with Gasteiger partial charge in [0.05, 0.1) is 32.5 Å². The molecule has 1 fully saturated rings. The van der Waals surface area contributed by atoms with Gasteiger partial charge in [-0.1, -0.05) is 41.9 Å². The van der Waals surface area contributed by atoms with Gasteiger partial charge in [-0.25, -0.2) is 9.50 Å². The molecule has 0 aromatic carbocycles. The highest BCUT2D eigenvalue weighted by atomic mass is 16.6. The standard InChI is InChI=1S/C17H24N4O3.2C5H10O/c1-11(2)6-7-23-9-13-8-12(3)17(22,24-13)15-5-4-14-16(18)19-10-20-21(14)15;2*1-5(2)3-4-6/h4-6,10,12-13,22H,7-9H2,1-3H3,(H2,18,19,20);2*3,6H,4H2,1-2H3. The van der Waals surface area contributed by atoms with Gasteiger partial charge >= 0.3 is 0 Å². The first-order valence-corrected chi connectivity index (χ1v) is 12.1. The van der Waals surface area contributed by atoms with E-state index >= 15 is 0 Å². The zero-order chi connectivity index (χ0) is 27.3. The molecule has 36 heavy (non-hydrogen) atoms. The van der Waals surface area contributed by atoms with Crippen LogP contribution < -0.4 is 5.73 Å². The van der Waals surface area contributed by atoms with E-state index in [1.807, 2.05) is 54.5 Å². The Hall–Kier alpha value is -2.56. The molecule has 0 bridgehead atoms. The van der Waals surface area contributed by atoms with Gasteiger partial charge in [0.25, 0.3) is 0 Å². The summed E-state index contributed by atoms with van der Waals surface area (Å²) in [5.41, 5.74) is 10.6. The topological polar surface area (TPSA) is 135 Å². The molecule has 1 saturated heterocycles. The van der Waals surface area contributed by atoms with Crippen LogP contribution in [0.25, 0.3) is 5.52 Å². The van der Waals surface area contributed by atoms with Crippen molar-refractivity contribution in [2.24, 2.45) is 5.92 Å². The summed E-state index contributed by atoms with van der Waals surface area (Å²) in [7, 11) is 0. The maximum absolute atomic E-state index is 11.1. The summed E-state index contributed by atoms with van der Waals surface area (Å²) in [6.07, 6.45) is 7.46. The minimum absolute atomic E-state index is 0.0937. The molecule has 1 aliphatic rings. The van der Waals surface area contributed by atoms with E-state index in [4.69, 9.17) is 25.4 Å². The summed E-state index contributed by atoms with van der Waals surface area (Å²) < 4.78 is 13.2. The van der Waals surface area contributed by atoms with Crippen molar-refractivity contribution < 1.29 is 24.8 Å². The SMILES string of the molecule is CC(C)=CCO.CC(C)=CCO.CC(C)=CCOCC1CC(C)C(O)(c2ccc3c(N)ncnn23)O1. The fraction of sp³-hybridized carbons (Fsp3) is 0.556. The zero-order valence-electron chi connectivity index (χ0n) is 22.7. The van der Waals surface area contributed by atoms with Gasteiger partial charge in [-0.2, -0.15) is 5.10 Å². The van der Waals surface area contributed by atoms with Crippen molar-refractivity contribution in [3.05, 3.63) is 59.1 Å². The van der Waals surface area contributed by atoms with Gasteiger partial charge in [-0.15, -0.1) is 0 Å². The Morgan fingerprint density at radius 3 is 2.17 bits per heavy atom. The molecular weight excluding hydrogens is 460 g/mol. The number of nitrogen functional groups attached to an aromatic ring is 1. The molecule has 9 nitrogen and oxygen atoms in total. The predicted molar refractivity (Wildman–Crippen MR) is 143 cm³/mol. The predicted octanol–water partition coefficient (Wildman–Crippen LogP) is 3.75. The lowest BCUT2D eigenvalue weighted by Crippen LogP contribution is -2.33. The van der Waals surface area contributed by atoms with E-state index < -0.39 is 5.79 Å². The number of nitrogens with zero attached hydrogens (tertiary/aromatic N) is 3. The maximum atomic E-state index is 11.1. The number of hydrogen-bond donors (Lipinski definition) is 4. The number of aliphatic hydroxyl groups excluding tert-OH is 2.